The molecule has 1 heterocycles. The first kappa shape index (κ1) is 14.9. The maximum atomic E-state index is 11.3. The summed E-state index contributed by atoms with van der Waals surface area (Å²) in [6.07, 6.45) is 1.74. The zero-order chi connectivity index (χ0) is 11.9. The fourth-order valence-corrected chi connectivity index (χ4v) is 2.04. The van der Waals surface area contributed by atoms with Crippen molar-refractivity contribution < 1.29 is 4.21 Å². The Balaban J connectivity index is 0.000000921. The summed E-state index contributed by atoms with van der Waals surface area (Å²) in [6, 6.07) is 0. The Morgan fingerprint density at radius 2 is 1.67 bits per heavy atom. The largest absolute Gasteiger partial charge is 0.304 e. The molecule has 92 valence electrons. The summed E-state index contributed by atoms with van der Waals surface area (Å²) in [5.74, 6) is 4.39. The van der Waals surface area contributed by atoms with Crippen LogP contribution < -0.4 is 0 Å². The SMILES string of the molecule is C=S(C)(=O)CCN1CCN(C)CC1.CC. The van der Waals surface area contributed by atoms with Crippen LogP contribution in [0.3, 0.4) is 0 Å². The molecule has 15 heavy (non-hydrogen) atoms. The lowest BCUT2D eigenvalue weighted by Gasteiger charge is -2.32. The molecule has 0 aromatic rings. The molecule has 0 aromatic heterocycles. The third-order valence-electron chi connectivity index (χ3n) is 2.44. The molecule has 1 rings (SSSR count). The summed E-state index contributed by atoms with van der Waals surface area (Å²) in [6.45, 7) is 9.40. The monoisotopic (exact) mass is 234 g/mol. The number of likely N-dealkylation sites (N-methyl/N-ethyl adjacent to an activating group) is 1. The van der Waals surface area contributed by atoms with E-state index < -0.39 is 9.52 Å². The van der Waals surface area contributed by atoms with Gasteiger partial charge in [-0.3, -0.25) is 9.11 Å². The van der Waals surface area contributed by atoms with E-state index in [0.29, 0.717) is 0 Å². The van der Waals surface area contributed by atoms with E-state index in [1.807, 2.05) is 13.8 Å². The number of rotatable bonds is 3. The highest BCUT2D eigenvalue weighted by Crippen LogP contribution is 1.99. The average Bonchev–Trinajstić information content (AvgIpc) is 2.19. The molecule has 1 fully saturated rings. The molecule has 0 aromatic carbocycles. The molecule has 1 unspecified atom stereocenters. The minimum Gasteiger partial charge on any atom is -0.304 e. The van der Waals surface area contributed by atoms with Crippen LogP contribution in [0, 0.1) is 0 Å². The molecule has 0 amide bonds. The molecular formula is C11H26N2OS. The standard InChI is InChI=1S/C9H20N2OS.C2H6/c1-10-4-6-11(7-5-10)8-9-13(2,3)12;1-2/h2,4-9H2,1,3H3;1-2H3. The van der Waals surface area contributed by atoms with Gasteiger partial charge in [-0.05, 0) is 22.4 Å². The van der Waals surface area contributed by atoms with E-state index in [2.05, 4.69) is 22.7 Å². The van der Waals surface area contributed by atoms with Crippen molar-refractivity contribution in [2.24, 2.45) is 0 Å². The molecule has 0 N–H and O–H groups in total. The van der Waals surface area contributed by atoms with Crippen LogP contribution in [-0.2, 0) is 9.52 Å². The number of nitrogens with zero attached hydrogens (tertiary/aromatic N) is 2. The quantitative estimate of drug-likeness (QED) is 0.668. The highest BCUT2D eigenvalue weighted by molar-refractivity contribution is 7.99. The molecule has 1 aliphatic heterocycles. The maximum absolute atomic E-state index is 11.3. The van der Waals surface area contributed by atoms with Crippen LogP contribution in [-0.4, -0.2) is 71.7 Å². The van der Waals surface area contributed by atoms with Crippen molar-refractivity contribution in [3.8, 4) is 0 Å². The van der Waals surface area contributed by atoms with Gasteiger partial charge in [0.2, 0.25) is 0 Å². The summed E-state index contributed by atoms with van der Waals surface area (Å²) < 4.78 is 11.3. The van der Waals surface area contributed by atoms with Gasteiger partial charge in [0.05, 0.1) is 0 Å². The van der Waals surface area contributed by atoms with Crippen molar-refractivity contribution in [1.82, 2.24) is 9.80 Å². The molecular weight excluding hydrogens is 208 g/mol. The minimum atomic E-state index is -1.79. The van der Waals surface area contributed by atoms with Crippen LogP contribution in [0.15, 0.2) is 0 Å². The Bertz CT molecular complexity index is 241. The zero-order valence-electron chi connectivity index (χ0n) is 10.7. The van der Waals surface area contributed by atoms with Crippen molar-refractivity contribution in [2.45, 2.75) is 13.8 Å². The Hall–Kier alpha value is -0.0600. The summed E-state index contributed by atoms with van der Waals surface area (Å²) in [5, 5.41) is 0. The van der Waals surface area contributed by atoms with E-state index in [0.717, 1.165) is 38.5 Å². The fraction of sp³-hybridized carbons (Fsp3) is 0.909. The van der Waals surface area contributed by atoms with Crippen molar-refractivity contribution in [3.05, 3.63) is 0 Å². The predicted octanol–water partition coefficient (Wildman–Crippen LogP) is 0.606. The highest BCUT2D eigenvalue weighted by atomic mass is 32.2. The second-order valence-electron chi connectivity index (χ2n) is 4.03. The van der Waals surface area contributed by atoms with E-state index in [1.54, 1.807) is 6.26 Å². The van der Waals surface area contributed by atoms with Gasteiger partial charge in [0, 0.05) is 44.7 Å². The van der Waals surface area contributed by atoms with Gasteiger partial charge in [0.15, 0.2) is 0 Å². The Morgan fingerprint density at radius 3 is 2.07 bits per heavy atom. The van der Waals surface area contributed by atoms with E-state index in [4.69, 9.17) is 0 Å². The van der Waals surface area contributed by atoms with Crippen LogP contribution >= 0.6 is 0 Å². The first-order valence-electron chi connectivity index (χ1n) is 5.68. The topological polar surface area (TPSA) is 23.6 Å². The highest BCUT2D eigenvalue weighted by Gasteiger charge is 2.13. The average molecular weight is 234 g/mol. The molecule has 0 bridgehead atoms. The van der Waals surface area contributed by atoms with E-state index in [-0.39, 0.29) is 0 Å². The van der Waals surface area contributed by atoms with Gasteiger partial charge in [-0.2, -0.15) is 0 Å². The van der Waals surface area contributed by atoms with Crippen LogP contribution in [0.1, 0.15) is 13.8 Å². The third kappa shape index (κ3) is 7.82. The summed E-state index contributed by atoms with van der Waals surface area (Å²) in [4.78, 5) is 4.69. The Morgan fingerprint density at radius 1 is 1.20 bits per heavy atom. The molecule has 1 atom stereocenters. The number of piperazine rings is 1. The minimum absolute atomic E-state index is 0.733. The van der Waals surface area contributed by atoms with Gasteiger partial charge in [-0.25, -0.2) is 0 Å². The van der Waals surface area contributed by atoms with E-state index in [1.165, 1.54) is 0 Å². The summed E-state index contributed by atoms with van der Waals surface area (Å²) in [5.41, 5.74) is 0. The number of hydrogen-bond donors (Lipinski definition) is 0. The lowest BCUT2D eigenvalue weighted by Crippen LogP contribution is -2.45. The Kier molecular flexibility index (Phi) is 7.22. The molecule has 4 heteroatoms. The van der Waals surface area contributed by atoms with Gasteiger partial charge >= 0.3 is 0 Å². The van der Waals surface area contributed by atoms with Gasteiger partial charge in [0.1, 0.15) is 0 Å². The Labute approximate surface area is 95.5 Å². The van der Waals surface area contributed by atoms with Gasteiger partial charge in [-0.1, -0.05) is 13.8 Å². The van der Waals surface area contributed by atoms with Crippen molar-refractivity contribution in [1.29, 1.82) is 0 Å². The lowest BCUT2D eigenvalue weighted by molar-refractivity contribution is 0.161. The smallest absolute Gasteiger partial charge is 0.0284 e. The summed E-state index contributed by atoms with van der Waals surface area (Å²) in [7, 11) is 0.348. The van der Waals surface area contributed by atoms with E-state index in [9.17, 15) is 4.21 Å². The lowest BCUT2D eigenvalue weighted by atomic mass is 10.3. The van der Waals surface area contributed by atoms with Crippen molar-refractivity contribution in [3.63, 3.8) is 0 Å². The fourth-order valence-electron chi connectivity index (χ4n) is 1.39. The zero-order valence-corrected chi connectivity index (χ0v) is 11.5. The molecule has 1 aliphatic rings. The number of hydrogen-bond acceptors (Lipinski definition) is 3. The van der Waals surface area contributed by atoms with Gasteiger partial charge in [0.25, 0.3) is 0 Å². The van der Waals surface area contributed by atoms with E-state index >= 15 is 0 Å². The molecule has 0 saturated carbocycles. The first-order chi connectivity index (χ1) is 6.97. The second kappa shape index (κ2) is 7.25. The second-order valence-corrected chi connectivity index (χ2v) is 6.81. The normalized spacial score (nSPS) is 22.7. The summed E-state index contributed by atoms with van der Waals surface area (Å²) >= 11 is 0. The third-order valence-corrected chi connectivity index (χ3v) is 3.48. The predicted molar refractivity (Wildman–Crippen MR) is 71.3 cm³/mol. The van der Waals surface area contributed by atoms with Crippen LogP contribution in [0.2, 0.25) is 0 Å². The first-order valence-corrected chi connectivity index (χ1v) is 7.99. The molecule has 3 nitrogen and oxygen atoms in total. The van der Waals surface area contributed by atoms with Crippen molar-refractivity contribution >= 4 is 15.4 Å². The molecule has 1 saturated heterocycles. The van der Waals surface area contributed by atoms with Crippen molar-refractivity contribution in [2.75, 3.05) is 51.8 Å². The van der Waals surface area contributed by atoms with Crippen LogP contribution in [0.25, 0.3) is 0 Å². The molecule has 0 radical (unpaired) electrons. The maximum Gasteiger partial charge on any atom is 0.0284 e. The molecule has 0 aliphatic carbocycles. The van der Waals surface area contributed by atoms with Gasteiger partial charge < -0.3 is 4.90 Å². The van der Waals surface area contributed by atoms with Crippen LogP contribution in [0.5, 0.6) is 0 Å². The van der Waals surface area contributed by atoms with Crippen LogP contribution in [0.4, 0.5) is 0 Å². The molecule has 0 spiro atoms. The van der Waals surface area contributed by atoms with Gasteiger partial charge in [-0.15, -0.1) is 0 Å².